The van der Waals surface area contributed by atoms with Crippen LogP contribution in [0, 0.1) is 56.5 Å². The topological polar surface area (TPSA) is 43.1 Å². The second kappa shape index (κ2) is 8.24. The molecule has 3 nitrogen and oxygen atoms in total. The Hall–Kier alpha value is -0.860. The van der Waals surface area contributed by atoms with Gasteiger partial charge < -0.3 is 0 Å². The van der Waals surface area contributed by atoms with Gasteiger partial charge in [-0.05, 0) is 91.3 Å². The minimum atomic E-state index is -0.415. The van der Waals surface area contributed by atoms with E-state index in [9.17, 15) is 10.1 Å². The van der Waals surface area contributed by atoms with E-state index in [0.29, 0.717) is 23.2 Å². The summed E-state index contributed by atoms with van der Waals surface area (Å²) in [6.07, 6.45) is 15.9. The van der Waals surface area contributed by atoms with Crippen LogP contribution in [0.25, 0.3) is 0 Å². The summed E-state index contributed by atoms with van der Waals surface area (Å²) < 4.78 is 0. The molecule has 0 unspecified atom stereocenters. The lowest BCUT2D eigenvalue weighted by Gasteiger charge is -2.58. The Balaban J connectivity index is 1.56. The average Bonchev–Trinajstić information content (AvgIpc) is 3.03. The smallest absolute Gasteiger partial charge is 0.234 e. The Morgan fingerprint density at radius 2 is 1.87 bits per heavy atom. The molecule has 0 aromatic carbocycles. The molecule has 0 radical (unpaired) electrons. The zero-order valence-corrected chi connectivity index (χ0v) is 20.2. The quantitative estimate of drug-likeness (QED) is 0.254. The lowest BCUT2D eigenvalue weighted by molar-refractivity contribution is -0.521. The maximum Gasteiger partial charge on any atom is 0.234 e. The molecule has 8 atom stereocenters. The molecule has 4 rings (SSSR count). The maximum absolute atomic E-state index is 12.1. The van der Waals surface area contributed by atoms with Crippen molar-refractivity contribution < 1.29 is 4.92 Å². The Kier molecular flexibility index (Phi) is 6.14. The molecule has 0 bridgehead atoms. The number of fused-ring (bicyclic) bond motifs is 5. The first kappa shape index (κ1) is 22.3. The highest BCUT2D eigenvalue weighted by Gasteiger charge is 2.62. The molecule has 4 aliphatic rings. The Labute approximate surface area is 184 Å². The zero-order valence-electron chi connectivity index (χ0n) is 20.2. The largest absolute Gasteiger partial charge is 0.264 e. The second-order valence-corrected chi connectivity index (χ2v) is 12.4. The van der Waals surface area contributed by atoms with Crippen molar-refractivity contribution in [3.05, 3.63) is 21.8 Å². The summed E-state index contributed by atoms with van der Waals surface area (Å²) in [6.45, 7) is 12.2. The first-order chi connectivity index (χ1) is 14.2. The minimum Gasteiger partial charge on any atom is -0.264 e. The van der Waals surface area contributed by atoms with Crippen LogP contribution in [0.15, 0.2) is 11.6 Å². The molecule has 3 heteroatoms. The molecule has 0 saturated heterocycles. The molecule has 3 fully saturated rings. The first-order valence-corrected chi connectivity index (χ1v) is 13.0. The third-order valence-electron chi connectivity index (χ3n) is 10.5. The third kappa shape index (κ3) is 3.56. The monoisotopic (exact) mass is 415 g/mol. The number of nitro groups is 1. The molecule has 0 amide bonds. The second-order valence-electron chi connectivity index (χ2n) is 12.4. The molecule has 4 aliphatic carbocycles. The fraction of sp³-hybridized carbons (Fsp3) is 0.926. The van der Waals surface area contributed by atoms with E-state index < -0.39 is 6.04 Å². The van der Waals surface area contributed by atoms with E-state index in [1.54, 1.807) is 0 Å². The first-order valence-electron chi connectivity index (χ1n) is 13.0. The summed E-state index contributed by atoms with van der Waals surface area (Å²) in [5.74, 6) is 4.36. The van der Waals surface area contributed by atoms with Gasteiger partial charge in [-0.15, -0.1) is 0 Å². The van der Waals surface area contributed by atoms with Gasteiger partial charge in [-0.3, -0.25) is 10.1 Å². The van der Waals surface area contributed by atoms with Crippen LogP contribution in [0.3, 0.4) is 0 Å². The lowest BCUT2D eigenvalue weighted by Crippen LogP contribution is -2.55. The van der Waals surface area contributed by atoms with Gasteiger partial charge in [0.2, 0.25) is 6.04 Å². The average molecular weight is 416 g/mol. The van der Waals surface area contributed by atoms with Crippen LogP contribution in [-0.4, -0.2) is 11.0 Å². The summed E-state index contributed by atoms with van der Waals surface area (Å²) in [7, 11) is 0. The Morgan fingerprint density at radius 3 is 2.57 bits per heavy atom. The molecule has 0 aromatic heterocycles. The fourth-order valence-electron chi connectivity index (χ4n) is 9.04. The molecule has 170 valence electrons. The van der Waals surface area contributed by atoms with Crippen LogP contribution < -0.4 is 0 Å². The van der Waals surface area contributed by atoms with Crippen LogP contribution in [0.1, 0.15) is 105 Å². The van der Waals surface area contributed by atoms with Crippen LogP contribution >= 0.6 is 0 Å². The maximum atomic E-state index is 12.1. The summed E-state index contributed by atoms with van der Waals surface area (Å²) in [5, 5.41) is 12.1. The number of allylic oxidation sites excluding steroid dienone is 1. The molecule has 0 aliphatic heterocycles. The predicted molar refractivity (Wildman–Crippen MR) is 124 cm³/mol. The van der Waals surface area contributed by atoms with Crippen LogP contribution in [0.2, 0.25) is 0 Å². The highest BCUT2D eigenvalue weighted by atomic mass is 16.6. The lowest BCUT2D eigenvalue weighted by atomic mass is 9.45. The van der Waals surface area contributed by atoms with E-state index in [4.69, 9.17) is 0 Å². The van der Waals surface area contributed by atoms with Crippen LogP contribution in [0.5, 0.6) is 0 Å². The standard InChI is InChI=1S/C27H45NO2/c1-18(2)9-8-10-19(3)21-12-13-22-20-17-25(28(29)30)24-11-6-7-15-26(24,4)23(20)14-16-27(21,22)5/h11,18-23,25H,6-10,12-17H2,1-5H3/t19-,20+,21-,22+,23+,25-,26-,27-/m1/s1. The number of hydrogen-bond donors (Lipinski definition) is 0. The molecule has 0 N–H and O–H groups in total. The summed E-state index contributed by atoms with van der Waals surface area (Å²) in [5.41, 5.74) is 1.70. The van der Waals surface area contributed by atoms with Crippen molar-refractivity contribution >= 4 is 0 Å². The van der Waals surface area contributed by atoms with Crippen molar-refractivity contribution in [1.82, 2.24) is 0 Å². The molecular formula is C27H45NO2. The van der Waals surface area contributed by atoms with E-state index in [-0.39, 0.29) is 10.3 Å². The van der Waals surface area contributed by atoms with Gasteiger partial charge in [-0.25, -0.2) is 0 Å². The van der Waals surface area contributed by atoms with Gasteiger partial charge in [-0.1, -0.05) is 60.0 Å². The van der Waals surface area contributed by atoms with Gasteiger partial charge in [0.15, 0.2) is 0 Å². The highest BCUT2D eigenvalue weighted by molar-refractivity contribution is 5.27. The number of rotatable bonds is 6. The van der Waals surface area contributed by atoms with Crippen molar-refractivity contribution in [3.63, 3.8) is 0 Å². The SMILES string of the molecule is CC(C)CCC[C@@H](C)[C@H]1CC[C@H]2[C@@H]3C[C@@H]([N+](=O)[O-])C4=CCCC[C@]4(C)[C@H]3CC[C@]12C. The van der Waals surface area contributed by atoms with Gasteiger partial charge in [-0.2, -0.15) is 0 Å². The molecule has 0 spiro atoms. The van der Waals surface area contributed by atoms with Crippen molar-refractivity contribution in [3.8, 4) is 0 Å². The summed E-state index contributed by atoms with van der Waals surface area (Å²) in [6, 6.07) is -0.415. The fourth-order valence-corrected chi connectivity index (χ4v) is 9.04. The molecule has 0 aromatic rings. The Morgan fingerprint density at radius 1 is 1.10 bits per heavy atom. The van der Waals surface area contributed by atoms with Crippen molar-refractivity contribution in [2.24, 2.45) is 46.3 Å². The van der Waals surface area contributed by atoms with Crippen molar-refractivity contribution in [2.75, 3.05) is 0 Å². The summed E-state index contributed by atoms with van der Waals surface area (Å²) >= 11 is 0. The van der Waals surface area contributed by atoms with Gasteiger partial charge in [0.1, 0.15) is 0 Å². The summed E-state index contributed by atoms with van der Waals surface area (Å²) in [4.78, 5) is 12.2. The number of nitrogens with zero attached hydrogens (tertiary/aromatic N) is 1. The van der Waals surface area contributed by atoms with E-state index in [0.717, 1.165) is 30.6 Å². The van der Waals surface area contributed by atoms with E-state index in [2.05, 4.69) is 40.7 Å². The Bertz CT molecular complexity index is 684. The highest BCUT2D eigenvalue weighted by Crippen LogP contribution is 2.68. The molecule has 0 heterocycles. The van der Waals surface area contributed by atoms with E-state index >= 15 is 0 Å². The van der Waals surface area contributed by atoms with Crippen molar-refractivity contribution in [2.45, 2.75) is 111 Å². The van der Waals surface area contributed by atoms with E-state index in [1.165, 1.54) is 63.4 Å². The zero-order chi connectivity index (χ0) is 21.7. The van der Waals surface area contributed by atoms with Crippen molar-refractivity contribution in [1.29, 1.82) is 0 Å². The normalized spacial score (nSPS) is 44.1. The van der Waals surface area contributed by atoms with Crippen LogP contribution in [-0.2, 0) is 0 Å². The van der Waals surface area contributed by atoms with Gasteiger partial charge in [0.25, 0.3) is 0 Å². The molecular weight excluding hydrogens is 370 g/mol. The predicted octanol–water partition coefficient (Wildman–Crippen LogP) is 7.67. The van der Waals surface area contributed by atoms with Gasteiger partial charge >= 0.3 is 0 Å². The molecule has 30 heavy (non-hydrogen) atoms. The van der Waals surface area contributed by atoms with Gasteiger partial charge in [0.05, 0.1) is 0 Å². The minimum absolute atomic E-state index is 0.0680. The van der Waals surface area contributed by atoms with Gasteiger partial charge in [0, 0.05) is 16.9 Å². The molecule has 3 saturated carbocycles. The third-order valence-corrected chi connectivity index (χ3v) is 10.5. The van der Waals surface area contributed by atoms with Crippen LogP contribution in [0.4, 0.5) is 0 Å². The van der Waals surface area contributed by atoms with E-state index in [1.807, 2.05) is 0 Å². The number of hydrogen-bond acceptors (Lipinski definition) is 2.